The van der Waals surface area contributed by atoms with Crippen LogP contribution in [0.25, 0.3) is 27.5 Å². The zero-order valence-electron chi connectivity index (χ0n) is 20.4. The van der Waals surface area contributed by atoms with Crippen molar-refractivity contribution in [2.24, 2.45) is 0 Å². The van der Waals surface area contributed by atoms with Crippen LogP contribution in [0.15, 0.2) is 83.8 Å². The quantitative estimate of drug-likeness (QED) is 0.300. The average molecular weight is 521 g/mol. The van der Waals surface area contributed by atoms with Crippen molar-refractivity contribution in [3.63, 3.8) is 0 Å². The van der Waals surface area contributed by atoms with Crippen LogP contribution in [0.3, 0.4) is 0 Å². The normalized spacial score (nSPS) is 13.1. The maximum atomic E-state index is 14.2. The van der Waals surface area contributed by atoms with E-state index in [0.29, 0.717) is 11.1 Å². The summed E-state index contributed by atoms with van der Waals surface area (Å²) in [5, 5.41) is 18.9. The van der Waals surface area contributed by atoms with Gasteiger partial charge in [-0.3, -0.25) is 9.59 Å². The Labute approximate surface area is 214 Å². The summed E-state index contributed by atoms with van der Waals surface area (Å²) in [7, 11) is 0. The Balaban J connectivity index is 1.63. The molecule has 0 radical (unpaired) electrons. The fourth-order valence-corrected chi connectivity index (χ4v) is 4.53. The average Bonchev–Trinajstić information content (AvgIpc) is 3.28. The number of carbonyl (C=O) groups is 1. The van der Waals surface area contributed by atoms with Crippen molar-refractivity contribution in [1.82, 2.24) is 19.9 Å². The standard InChI is InChI=1S/C28H23F3N4O3/c1-27(2,38)24(17-9-4-3-5-10-17)33-25(36)22-21(28(29,30)31)23-26(37)32-20(15-35(23)34-22)19-13-12-16-8-6-7-11-18(16)14-19/h3-15,24,38H,1-2H3,(H,32,37)(H,33,36)/t24-/m0/s1. The number of hydrogen-bond donors (Lipinski definition) is 3. The minimum atomic E-state index is -5.05. The second-order valence-electron chi connectivity index (χ2n) is 9.54. The first-order chi connectivity index (χ1) is 17.9. The fraction of sp³-hybridized carbons (Fsp3) is 0.179. The molecule has 2 aromatic heterocycles. The van der Waals surface area contributed by atoms with E-state index in [0.717, 1.165) is 15.3 Å². The third-order valence-corrected chi connectivity index (χ3v) is 6.30. The molecule has 0 spiro atoms. The second-order valence-corrected chi connectivity index (χ2v) is 9.54. The lowest BCUT2D eigenvalue weighted by atomic mass is 9.91. The van der Waals surface area contributed by atoms with Gasteiger partial charge >= 0.3 is 6.18 Å². The summed E-state index contributed by atoms with van der Waals surface area (Å²) in [6.07, 6.45) is -3.81. The molecule has 10 heteroatoms. The Bertz CT molecular complexity index is 1720. The predicted octanol–water partition coefficient (Wildman–Crippen LogP) is 5.10. The molecule has 194 valence electrons. The van der Waals surface area contributed by atoms with Crippen LogP contribution in [0.5, 0.6) is 0 Å². The molecule has 38 heavy (non-hydrogen) atoms. The van der Waals surface area contributed by atoms with Crippen molar-refractivity contribution in [3.05, 3.63) is 106 Å². The molecule has 1 amide bonds. The van der Waals surface area contributed by atoms with Crippen LogP contribution < -0.4 is 10.9 Å². The molecular weight excluding hydrogens is 497 g/mol. The van der Waals surface area contributed by atoms with E-state index in [1.165, 1.54) is 20.0 Å². The number of fused-ring (bicyclic) bond motifs is 2. The highest BCUT2D eigenvalue weighted by Gasteiger charge is 2.42. The van der Waals surface area contributed by atoms with E-state index in [2.05, 4.69) is 15.4 Å². The molecule has 0 unspecified atom stereocenters. The molecule has 0 saturated carbocycles. The highest BCUT2D eigenvalue weighted by molar-refractivity contribution is 5.96. The number of alkyl halides is 3. The van der Waals surface area contributed by atoms with Gasteiger partial charge in [0.05, 0.1) is 23.5 Å². The maximum Gasteiger partial charge on any atom is 0.421 e. The predicted molar refractivity (Wildman–Crippen MR) is 137 cm³/mol. The molecule has 0 aliphatic heterocycles. The Morgan fingerprint density at radius 3 is 2.32 bits per heavy atom. The molecule has 0 saturated heterocycles. The maximum absolute atomic E-state index is 14.2. The Morgan fingerprint density at radius 2 is 1.66 bits per heavy atom. The van der Waals surface area contributed by atoms with Gasteiger partial charge in [-0.2, -0.15) is 18.3 Å². The number of rotatable bonds is 5. The first-order valence-electron chi connectivity index (χ1n) is 11.7. The number of hydrogen-bond acceptors (Lipinski definition) is 4. The third-order valence-electron chi connectivity index (χ3n) is 6.30. The van der Waals surface area contributed by atoms with Crippen LogP contribution in [0, 0.1) is 0 Å². The van der Waals surface area contributed by atoms with E-state index >= 15 is 0 Å². The fourth-order valence-electron chi connectivity index (χ4n) is 4.53. The van der Waals surface area contributed by atoms with E-state index in [1.54, 1.807) is 42.5 Å². The van der Waals surface area contributed by atoms with Crippen molar-refractivity contribution in [3.8, 4) is 11.3 Å². The van der Waals surface area contributed by atoms with E-state index in [-0.39, 0.29) is 5.69 Å². The lowest BCUT2D eigenvalue weighted by molar-refractivity contribution is -0.136. The molecule has 0 aliphatic carbocycles. The molecule has 3 aromatic carbocycles. The van der Waals surface area contributed by atoms with Crippen LogP contribution in [0.1, 0.15) is 41.5 Å². The van der Waals surface area contributed by atoms with Crippen LogP contribution in [-0.2, 0) is 6.18 Å². The molecule has 2 heterocycles. The van der Waals surface area contributed by atoms with E-state index in [4.69, 9.17) is 0 Å². The lowest BCUT2D eigenvalue weighted by Gasteiger charge is -2.30. The van der Waals surface area contributed by atoms with Gasteiger partial charge < -0.3 is 15.4 Å². The summed E-state index contributed by atoms with van der Waals surface area (Å²) in [4.78, 5) is 28.7. The minimum Gasteiger partial charge on any atom is -0.388 e. The van der Waals surface area contributed by atoms with Crippen LogP contribution >= 0.6 is 0 Å². The number of aliphatic hydroxyl groups is 1. The summed E-state index contributed by atoms with van der Waals surface area (Å²) >= 11 is 0. The SMILES string of the molecule is CC(C)(O)[C@@H](NC(=O)c1nn2cc(-c3ccc4ccccc4c3)[nH]c(=O)c2c1C(F)(F)F)c1ccccc1. The first kappa shape index (κ1) is 25.2. The van der Waals surface area contributed by atoms with E-state index in [1.807, 2.05) is 30.3 Å². The second kappa shape index (κ2) is 9.14. The molecule has 0 fully saturated rings. The van der Waals surface area contributed by atoms with Gasteiger partial charge in [0.2, 0.25) is 0 Å². The number of nitrogens with zero attached hydrogens (tertiary/aromatic N) is 2. The van der Waals surface area contributed by atoms with Crippen molar-refractivity contribution in [2.75, 3.05) is 0 Å². The highest BCUT2D eigenvalue weighted by atomic mass is 19.4. The van der Waals surface area contributed by atoms with Gasteiger partial charge in [-0.25, -0.2) is 4.52 Å². The largest absolute Gasteiger partial charge is 0.421 e. The van der Waals surface area contributed by atoms with Crippen LogP contribution in [0.4, 0.5) is 13.2 Å². The molecule has 1 atom stereocenters. The first-order valence-corrected chi connectivity index (χ1v) is 11.7. The zero-order chi connectivity index (χ0) is 27.2. The molecule has 0 aliphatic rings. The summed E-state index contributed by atoms with van der Waals surface area (Å²) in [6.45, 7) is 2.86. The smallest absolute Gasteiger partial charge is 0.388 e. The topological polar surface area (TPSA) is 99.5 Å². The monoisotopic (exact) mass is 520 g/mol. The number of nitrogens with one attached hydrogen (secondary N) is 2. The molecule has 0 bridgehead atoms. The van der Waals surface area contributed by atoms with Gasteiger partial charge in [-0.05, 0) is 36.2 Å². The number of halogens is 3. The van der Waals surface area contributed by atoms with Gasteiger partial charge in [0, 0.05) is 5.56 Å². The van der Waals surface area contributed by atoms with E-state index < -0.39 is 46.1 Å². The minimum absolute atomic E-state index is 0.232. The Hall–Kier alpha value is -4.44. The number of benzene rings is 3. The Morgan fingerprint density at radius 1 is 1.00 bits per heavy atom. The molecule has 5 rings (SSSR count). The van der Waals surface area contributed by atoms with Crippen LogP contribution in [0.2, 0.25) is 0 Å². The molecule has 3 N–H and O–H groups in total. The molecule has 5 aromatic rings. The summed E-state index contributed by atoms with van der Waals surface area (Å²) in [6, 6.07) is 20.2. The third kappa shape index (κ3) is 4.66. The van der Waals surface area contributed by atoms with E-state index in [9.17, 15) is 27.9 Å². The number of amides is 1. The number of H-pyrrole nitrogens is 1. The van der Waals surface area contributed by atoms with Gasteiger partial charge in [-0.15, -0.1) is 0 Å². The molecule has 7 nitrogen and oxygen atoms in total. The number of aromatic nitrogens is 3. The highest BCUT2D eigenvalue weighted by Crippen LogP contribution is 2.35. The Kier molecular flexibility index (Phi) is 6.07. The summed E-state index contributed by atoms with van der Waals surface area (Å²) < 4.78 is 43.4. The van der Waals surface area contributed by atoms with Gasteiger partial charge in [-0.1, -0.05) is 66.7 Å². The van der Waals surface area contributed by atoms with Crippen molar-refractivity contribution < 1.29 is 23.1 Å². The van der Waals surface area contributed by atoms with Crippen molar-refractivity contribution >= 4 is 22.2 Å². The molecular formula is C28H23F3N4O3. The lowest BCUT2D eigenvalue weighted by Crippen LogP contribution is -2.42. The van der Waals surface area contributed by atoms with Crippen LogP contribution in [-0.4, -0.2) is 31.2 Å². The summed E-state index contributed by atoms with van der Waals surface area (Å²) in [5.74, 6) is -1.18. The van der Waals surface area contributed by atoms with Gasteiger partial charge in [0.1, 0.15) is 11.1 Å². The summed E-state index contributed by atoms with van der Waals surface area (Å²) in [5.41, 5.74) is -4.51. The van der Waals surface area contributed by atoms with Crippen molar-refractivity contribution in [2.45, 2.75) is 31.7 Å². The van der Waals surface area contributed by atoms with Gasteiger partial charge in [0.15, 0.2) is 5.69 Å². The van der Waals surface area contributed by atoms with Gasteiger partial charge in [0.25, 0.3) is 11.5 Å². The van der Waals surface area contributed by atoms with Crippen molar-refractivity contribution in [1.29, 1.82) is 0 Å². The zero-order valence-corrected chi connectivity index (χ0v) is 20.4. The number of aromatic amines is 1. The number of carbonyl (C=O) groups excluding carboxylic acids is 1.